The molecular formula is C16H24N4O. The number of carbonyl (C=O) groups is 1. The second-order valence-corrected chi connectivity index (χ2v) is 6.30. The van der Waals surface area contributed by atoms with Crippen molar-refractivity contribution in [3.05, 3.63) is 23.5 Å². The van der Waals surface area contributed by atoms with Crippen molar-refractivity contribution in [3.63, 3.8) is 0 Å². The lowest BCUT2D eigenvalue weighted by Gasteiger charge is -2.20. The van der Waals surface area contributed by atoms with E-state index in [1.807, 2.05) is 24.7 Å². The number of fused-ring (bicyclic) bond motifs is 1. The predicted molar refractivity (Wildman–Crippen MR) is 84.4 cm³/mol. The summed E-state index contributed by atoms with van der Waals surface area (Å²) < 4.78 is 1.88. The predicted octanol–water partition coefficient (Wildman–Crippen LogP) is 3.05. The number of nitrogens with zero attached hydrogens (tertiary/aromatic N) is 4. The highest BCUT2D eigenvalue weighted by atomic mass is 16.2. The van der Waals surface area contributed by atoms with Crippen molar-refractivity contribution in [1.82, 2.24) is 19.7 Å². The quantitative estimate of drug-likeness (QED) is 0.869. The van der Waals surface area contributed by atoms with E-state index in [4.69, 9.17) is 0 Å². The van der Waals surface area contributed by atoms with Crippen molar-refractivity contribution >= 4 is 16.9 Å². The summed E-state index contributed by atoms with van der Waals surface area (Å²) in [5.74, 6) is 0.465. The fraction of sp³-hybridized carbons (Fsp3) is 0.562. The molecule has 0 saturated heterocycles. The van der Waals surface area contributed by atoms with Gasteiger partial charge in [-0.2, -0.15) is 5.10 Å². The molecule has 0 N–H and O–H groups in total. The average molecular weight is 288 g/mol. The topological polar surface area (TPSA) is 51.0 Å². The van der Waals surface area contributed by atoms with E-state index in [0.29, 0.717) is 11.5 Å². The van der Waals surface area contributed by atoms with E-state index in [0.717, 1.165) is 23.3 Å². The first-order chi connectivity index (χ1) is 9.81. The number of hydrogen-bond donors (Lipinski definition) is 0. The summed E-state index contributed by atoms with van der Waals surface area (Å²) >= 11 is 0. The molecule has 0 aliphatic rings. The SMILES string of the molecule is Cc1nc2c(cnn2C(C)C)cc1C(=O)N(C)CC(C)C. The monoisotopic (exact) mass is 288 g/mol. The molecule has 0 spiro atoms. The third-order valence-electron chi connectivity index (χ3n) is 3.46. The van der Waals surface area contributed by atoms with Gasteiger partial charge in [0, 0.05) is 25.0 Å². The van der Waals surface area contributed by atoms with E-state index in [1.165, 1.54) is 0 Å². The molecule has 0 radical (unpaired) electrons. The summed E-state index contributed by atoms with van der Waals surface area (Å²) in [4.78, 5) is 18.9. The van der Waals surface area contributed by atoms with Gasteiger partial charge in [0.2, 0.25) is 0 Å². The van der Waals surface area contributed by atoms with Crippen LogP contribution in [0.4, 0.5) is 0 Å². The molecule has 0 fully saturated rings. The number of amides is 1. The fourth-order valence-corrected chi connectivity index (χ4v) is 2.50. The van der Waals surface area contributed by atoms with E-state index < -0.39 is 0 Å². The van der Waals surface area contributed by atoms with Gasteiger partial charge in [-0.05, 0) is 32.8 Å². The van der Waals surface area contributed by atoms with Crippen LogP contribution in [0.1, 0.15) is 49.8 Å². The minimum absolute atomic E-state index is 0.0212. The maximum absolute atomic E-state index is 12.5. The second-order valence-electron chi connectivity index (χ2n) is 6.30. The van der Waals surface area contributed by atoms with Gasteiger partial charge in [0.1, 0.15) is 0 Å². The van der Waals surface area contributed by atoms with Crippen LogP contribution in [0.5, 0.6) is 0 Å². The largest absolute Gasteiger partial charge is 0.341 e. The van der Waals surface area contributed by atoms with Gasteiger partial charge in [0.05, 0.1) is 17.5 Å². The van der Waals surface area contributed by atoms with Crippen LogP contribution in [-0.2, 0) is 0 Å². The number of aromatic nitrogens is 3. The van der Waals surface area contributed by atoms with Crippen LogP contribution in [0.3, 0.4) is 0 Å². The highest BCUT2D eigenvalue weighted by molar-refractivity contribution is 5.98. The number of rotatable bonds is 4. The molecule has 2 aromatic rings. The minimum atomic E-state index is 0.0212. The van der Waals surface area contributed by atoms with E-state index in [-0.39, 0.29) is 11.9 Å². The Morgan fingerprint density at radius 3 is 2.57 bits per heavy atom. The molecule has 0 bridgehead atoms. The molecule has 21 heavy (non-hydrogen) atoms. The molecule has 2 aromatic heterocycles. The van der Waals surface area contributed by atoms with E-state index in [9.17, 15) is 4.79 Å². The summed E-state index contributed by atoms with van der Waals surface area (Å²) in [6.07, 6.45) is 1.78. The standard InChI is InChI=1S/C16H24N4O/c1-10(2)9-19(6)16(21)14-7-13-8-17-20(11(3)4)15(13)18-12(14)5/h7-8,10-11H,9H2,1-6H3. The van der Waals surface area contributed by atoms with Gasteiger partial charge in [-0.3, -0.25) is 4.79 Å². The highest BCUT2D eigenvalue weighted by Crippen LogP contribution is 2.20. The second kappa shape index (κ2) is 5.84. The Hall–Kier alpha value is -1.91. The molecule has 0 aliphatic carbocycles. The molecule has 5 heteroatoms. The number of aryl methyl sites for hydroxylation is 1. The first kappa shape index (κ1) is 15.5. The Morgan fingerprint density at radius 1 is 1.33 bits per heavy atom. The molecular weight excluding hydrogens is 264 g/mol. The van der Waals surface area contributed by atoms with Gasteiger partial charge in [0.25, 0.3) is 5.91 Å². The van der Waals surface area contributed by atoms with Crippen LogP contribution in [0.15, 0.2) is 12.3 Å². The van der Waals surface area contributed by atoms with E-state index in [1.54, 1.807) is 11.1 Å². The van der Waals surface area contributed by atoms with Crippen molar-refractivity contribution in [3.8, 4) is 0 Å². The van der Waals surface area contributed by atoms with Crippen LogP contribution >= 0.6 is 0 Å². The van der Waals surface area contributed by atoms with Crippen LogP contribution in [0.2, 0.25) is 0 Å². The Balaban J connectivity index is 2.42. The normalized spacial score (nSPS) is 11.6. The van der Waals surface area contributed by atoms with Crippen molar-refractivity contribution in [1.29, 1.82) is 0 Å². The number of carbonyl (C=O) groups excluding carboxylic acids is 1. The van der Waals surface area contributed by atoms with E-state index >= 15 is 0 Å². The van der Waals surface area contributed by atoms with Gasteiger partial charge >= 0.3 is 0 Å². The Labute approximate surface area is 126 Å². The maximum atomic E-state index is 12.5. The van der Waals surface area contributed by atoms with Gasteiger partial charge in [0.15, 0.2) is 5.65 Å². The Kier molecular flexibility index (Phi) is 4.30. The zero-order chi connectivity index (χ0) is 15.7. The lowest BCUT2D eigenvalue weighted by Crippen LogP contribution is -2.31. The van der Waals surface area contributed by atoms with Gasteiger partial charge in [-0.1, -0.05) is 13.8 Å². The van der Waals surface area contributed by atoms with E-state index in [2.05, 4.69) is 37.8 Å². The molecule has 0 atom stereocenters. The molecule has 2 heterocycles. The van der Waals surface area contributed by atoms with Crippen LogP contribution in [-0.4, -0.2) is 39.2 Å². The molecule has 0 aromatic carbocycles. The molecule has 0 aliphatic heterocycles. The van der Waals surface area contributed by atoms with Gasteiger partial charge in [-0.15, -0.1) is 0 Å². The summed E-state index contributed by atoms with van der Waals surface area (Å²) in [6, 6.07) is 2.16. The van der Waals surface area contributed by atoms with Crippen LogP contribution < -0.4 is 0 Å². The molecule has 1 amide bonds. The Bertz CT molecular complexity index is 658. The van der Waals surface area contributed by atoms with Crippen molar-refractivity contribution in [2.45, 2.75) is 40.7 Å². The zero-order valence-corrected chi connectivity index (χ0v) is 13.7. The third kappa shape index (κ3) is 3.06. The minimum Gasteiger partial charge on any atom is -0.341 e. The van der Waals surface area contributed by atoms with Crippen molar-refractivity contribution < 1.29 is 4.79 Å². The molecule has 114 valence electrons. The number of hydrogen-bond acceptors (Lipinski definition) is 3. The first-order valence-electron chi connectivity index (χ1n) is 7.41. The molecule has 0 saturated carbocycles. The number of pyridine rings is 1. The molecule has 5 nitrogen and oxygen atoms in total. The molecule has 2 rings (SSSR count). The highest BCUT2D eigenvalue weighted by Gasteiger charge is 2.18. The van der Waals surface area contributed by atoms with Gasteiger partial charge < -0.3 is 4.90 Å². The summed E-state index contributed by atoms with van der Waals surface area (Å²) in [6.45, 7) is 11.0. The first-order valence-corrected chi connectivity index (χ1v) is 7.41. The van der Waals surface area contributed by atoms with Crippen molar-refractivity contribution in [2.24, 2.45) is 5.92 Å². The smallest absolute Gasteiger partial charge is 0.255 e. The van der Waals surface area contributed by atoms with Gasteiger partial charge in [-0.25, -0.2) is 9.67 Å². The Morgan fingerprint density at radius 2 is 2.00 bits per heavy atom. The molecule has 0 unspecified atom stereocenters. The zero-order valence-electron chi connectivity index (χ0n) is 13.7. The third-order valence-corrected chi connectivity index (χ3v) is 3.46. The summed E-state index contributed by atoms with van der Waals surface area (Å²) in [5.41, 5.74) is 2.25. The lowest BCUT2D eigenvalue weighted by molar-refractivity contribution is 0.0778. The lowest BCUT2D eigenvalue weighted by atomic mass is 10.1. The summed E-state index contributed by atoms with van der Waals surface area (Å²) in [7, 11) is 1.84. The van der Waals surface area contributed by atoms with Crippen molar-refractivity contribution in [2.75, 3.05) is 13.6 Å². The van der Waals surface area contributed by atoms with Crippen LogP contribution in [0.25, 0.3) is 11.0 Å². The van der Waals surface area contributed by atoms with Crippen LogP contribution in [0, 0.1) is 12.8 Å². The fourth-order valence-electron chi connectivity index (χ4n) is 2.50. The maximum Gasteiger partial charge on any atom is 0.255 e. The average Bonchev–Trinajstić information content (AvgIpc) is 2.78. The summed E-state index contributed by atoms with van der Waals surface area (Å²) in [5, 5.41) is 5.27.